The number of ether oxygens (including phenoxy) is 5. The lowest BCUT2D eigenvalue weighted by Crippen LogP contribution is -2.56. The first-order valence-corrected chi connectivity index (χ1v) is 19.1. The summed E-state index contributed by atoms with van der Waals surface area (Å²) in [6, 6.07) is 20.3. The Kier molecular flexibility index (Phi) is 9.32. The van der Waals surface area contributed by atoms with Crippen LogP contribution in [-0.2, 0) is 30.1 Å². The maximum atomic E-state index is 15.4. The first kappa shape index (κ1) is 37.8. The third-order valence-electron chi connectivity index (χ3n) is 10.6. The number of nitrogens with zero attached hydrogens (tertiary/aromatic N) is 2. The summed E-state index contributed by atoms with van der Waals surface area (Å²) in [5.41, 5.74) is 8.52. The van der Waals surface area contributed by atoms with Gasteiger partial charge in [0.1, 0.15) is 41.6 Å². The smallest absolute Gasteiger partial charge is 0.247 e. The van der Waals surface area contributed by atoms with E-state index in [2.05, 4.69) is 38.1 Å². The molecule has 58 heavy (non-hydrogen) atoms. The molecule has 5 aromatic rings. The van der Waals surface area contributed by atoms with E-state index in [1.54, 1.807) is 48.5 Å². The van der Waals surface area contributed by atoms with Gasteiger partial charge in [-0.15, -0.1) is 0 Å². The van der Waals surface area contributed by atoms with Gasteiger partial charge in [0.2, 0.25) is 11.9 Å². The van der Waals surface area contributed by atoms with Crippen LogP contribution in [0.15, 0.2) is 88.5 Å². The maximum absolute atomic E-state index is 15.4. The highest BCUT2D eigenvalue weighted by Crippen LogP contribution is 2.53. The zero-order chi connectivity index (χ0) is 40.4. The van der Waals surface area contributed by atoms with E-state index < -0.39 is 28.7 Å². The number of aromatic nitrogens is 1. The monoisotopic (exact) mass is 850 g/mol. The number of fused-ring (bicyclic) bond motifs is 8. The van der Waals surface area contributed by atoms with Crippen molar-refractivity contribution in [1.29, 1.82) is 0 Å². The Hall–Kier alpha value is -5.72. The van der Waals surface area contributed by atoms with Gasteiger partial charge < -0.3 is 34.7 Å². The van der Waals surface area contributed by atoms with Crippen molar-refractivity contribution in [2.75, 3.05) is 39.6 Å². The van der Waals surface area contributed by atoms with E-state index in [0.717, 1.165) is 11.1 Å². The number of nitrogens with one attached hydrogen (secondary N) is 1. The van der Waals surface area contributed by atoms with E-state index in [1.807, 2.05) is 26.0 Å². The number of carbonyl (C=O) groups excluding carboxylic acids is 1. The fourth-order valence-corrected chi connectivity index (χ4v) is 8.26. The molecular weight excluding hydrogens is 817 g/mol. The van der Waals surface area contributed by atoms with E-state index in [9.17, 15) is 13.6 Å². The lowest BCUT2D eigenvalue weighted by atomic mass is 9.79. The van der Waals surface area contributed by atoms with Crippen molar-refractivity contribution < 1.29 is 41.7 Å². The molecule has 5 aliphatic heterocycles. The first-order valence-electron chi connectivity index (χ1n) is 18.3. The molecule has 10 nitrogen and oxygen atoms in total. The maximum Gasteiger partial charge on any atom is 0.247 e. The summed E-state index contributed by atoms with van der Waals surface area (Å²) in [5.74, 6) is 5.72. The predicted octanol–water partition coefficient (Wildman–Crippen LogP) is 7.54. The minimum absolute atomic E-state index is 0.00439. The van der Waals surface area contributed by atoms with Crippen molar-refractivity contribution in [3.05, 3.63) is 134 Å². The lowest BCUT2D eigenvalue weighted by Gasteiger charge is -2.43. The summed E-state index contributed by atoms with van der Waals surface area (Å²) in [4.78, 5) is 20.6. The van der Waals surface area contributed by atoms with Crippen molar-refractivity contribution in [2.45, 2.75) is 24.9 Å². The summed E-state index contributed by atoms with van der Waals surface area (Å²) in [6.45, 7) is 5.51. The van der Waals surface area contributed by atoms with Crippen LogP contribution in [0.2, 0.25) is 0 Å². The van der Waals surface area contributed by atoms with Gasteiger partial charge in [0.25, 0.3) is 0 Å². The molecule has 294 valence electrons. The SMILES string of the molecule is CC1(C#Cc2cc(F)c3c(c2)[C@]2(COCC(N)=N2)c2cc(-c4cccnc4F)ccc2O3)COC1.Cc1ccc2c(c1)[C@@]1(COCC(=O)N1)c1cc(Br)cc(F)c1O2. The Labute approximate surface area is 339 Å². The van der Waals surface area contributed by atoms with Gasteiger partial charge in [-0.2, -0.15) is 4.39 Å². The fraction of sp³-hybridized carbons (Fsp3) is 0.250. The highest BCUT2D eigenvalue weighted by atomic mass is 79.9. The van der Waals surface area contributed by atoms with Gasteiger partial charge in [0.05, 0.1) is 31.8 Å². The van der Waals surface area contributed by atoms with Crippen LogP contribution in [0.5, 0.6) is 23.0 Å². The number of morpholine rings is 1. The van der Waals surface area contributed by atoms with Gasteiger partial charge in [0.15, 0.2) is 23.1 Å². The first-order chi connectivity index (χ1) is 27.9. The molecule has 10 rings (SSSR count). The second kappa shape index (κ2) is 14.3. The van der Waals surface area contributed by atoms with Gasteiger partial charge in [-0.3, -0.25) is 9.79 Å². The molecule has 2 fully saturated rings. The Morgan fingerprint density at radius 1 is 0.810 bits per heavy atom. The standard InChI is InChI=1S/C27H21F2N3O3.C17H13BrFNO3/c1-26(13-34-14-26)7-6-16-9-20-24(21(28)10-16)35-22-5-4-17(18-3-2-8-31-25(18)29)11-19(22)27(20)15-33-12-23(30)32-27;1-9-2-3-14-11(4-9)17(8-22-7-15(21)20-17)12-5-10(18)6-13(19)16(12)23-14/h2-5,8-11H,12-15H2,1H3,(H2,30,32);2-6H,7-8H2,1H3,(H,20,21)/t27-;17-/m00/s1. The number of rotatable bonds is 1. The van der Waals surface area contributed by atoms with Gasteiger partial charge in [-0.05, 0) is 80.1 Å². The number of carbonyl (C=O) groups is 1. The number of aryl methyl sites for hydroxylation is 1. The Morgan fingerprint density at radius 2 is 1.55 bits per heavy atom. The van der Waals surface area contributed by atoms with Gasteiger partial charge in [0, 0.05) is 44.1 Å². The van der Waals surface area contributed by atoms with E-state index in [1.165, 1.54) is 18.3 Å². The van der Waals surface area contributed by atoms with Crippen LogP contribution in [0, 0.1) is 41.8 Å². The van der Waals surface area contributed by atoms with Crippen molar-refractivity contribution in [3.63, 3.8) is 0 Å². The molecule has 0 saturated carbocycles. The lowest BCUT2D eigenvalue weighted by molar-refractivity contribution is -0.134. The van der Waals surface area contributed by atoms with Gasteiger partial charge in [-0.1, -0.05) is 45.5 Å². The quantitative estimate of drug-likeness (QED) is 0.131. The molecule has 2 spiro atoms. The normalized spacial score (nSPS) is 21.8. The summed E-state index contributed by atoms with van der Waals surface area (Å²) in [7, 11) is 0. The van der Waals surface area contributed by atoms with Crippen LogP contribution >= 0.6 is 15.9 Å². The number of hydrogen-bond donors (Lipinski definition) is 2. The second-order valence-corrected chi connectivity index (χ2v) is 16.0. The van der Waals surface area contributed by atoms with Crippen LogP contribution in [-0.4, -0.2) is 56.4 Å². The molecule has 5 aliphatic rings. The number of halogens is 4. The molecule has 1 aromatic heterocycles. The predicted molar refractivity (Wildman–Crippen MR) is 210 cm³/mol. The highest BCUT2D eigenvalue weighted by Gasteiger charge is 2.48. The zero-order valence-corrected chi connectivity index (χ0v) is 32.8. The molecule has 6 heterocycles. The molecule has 2 saturated heterocycles. The number of benzene rings is 4. The molecule has 0 bridgehead atoms. The third kappa shape index (κ3) is 6.48. The molecule has 0 aliphatic carbocycles. The average molecular weight is 852 g/mol. The van der Waals surface area contributed by atoms with Gasteiger partial charge in [-0.25, -0.2) is 13.8 Å². The topological polar surface area (TPSA) is 127 Å². The average Bonchev–Trinajstić information content (AvgIpc) is 3.18. The van der Waals surface area contributed by atoms with Crippen LogP contribution in [0.4, 0.5) is 13.2 Å². The summed E-state index contributed by atoms with van der Waals surface area (Å²) in [6.07, 6.45) is 1.39. The third-order valence-corrected chi connectivity index (χ3v) is 11.1. The molecule has 3 N–H and O–H groups in total. The van der Waals surface area contributed by atoms with Crippen LogP contribution < -0.4 is 20.5 Å². The van der Waals surface area contributed by atoms with Crippen molar-refractivity contribution in [3.8, 4) is 46.0 Å². The van der Waals surface area contributed by atoms with E-state index in [4.69, 9.17) is 34.4 Å². The number of hydrogen-bond acceptors (Lipinski definition) is 9. The number of amidine groups is 1. The van der Waals surface area contributed by atoms with Crippen LogP contribution in [0.3, 0.4) is 0 Å². The summed E-state index contributed by atoms with van der Waals surface area (Å²) in [5, 5.41) is 2.99. The minimum Gasteiger partial charge on any atom is -0.453 e. The fourth-order valence-electron chi connectivity index (χ4n) is 7.83. The van der Waals surface area contributed by atoms with E-state index in [0.29, 0.717) is 62.6 Å². The van der Waals surface area contributed by atoms with E-state index in [-0.39, 0.29) is 55.1 Å². The number of aliphatic imine (C=N–C) groups is 1. The summed E-state index contributed by atoms with van der Waals surface area (Å²) >= 11 is 3.31. The molecule has 1 amide bonds. The van der Waals surface area contributed by atoms with Crippen molar-refractivity contribution >= 4 is 27.7 Å². The molecule has 0 unspecified atom stereocenters. The minimum atomic E-state index is -1.18. The Balaban J connectivity index is 0.000000164. The number of amides is 1. The molecular formula is C44H34BrF3N4O6. The number of nitrogens with two attached hydrogens (primary N) is 1. The van der Waals surface area contributed by atoms with Crippen molar-refractivity contribution in [1.82, 2.24) is 10.3 Å². The summed E-state index contributed by atoms with van der Waals surface area (Å²) < 4.78 is 73.2. The van der Waals surface area contributed by atoms with E-state index >= 15 is 4.39 Å². The van der Waals surface area contributed by atoms with Crippen LogP contribution in [0.1, 0.15) is 40.3 Å². The molecule has 2 atom stereocenters. The van der Waals surface area contributed by atoms with Crippen molar-refractivity contribution in [2.24, 2.45) is 16.1 Å². The number of pyridine rings is 1. The molecule has 14 heteroatoms. The zero-order valence-electron chi connectivity index (χ0n) is 31.2. The Morgan fingerprint density at radius 3 is 2.29 bits per heavy atom. The second-order valence-electron chi connectivity index (χ2n) is 15.1. The highest BCUT2D eigenvalue weighted by molar-refractivity contribution is 9.10. The Bertz CT molecular complexity index is 2640. The van der Waals surface area contributed by atoms with Gasteiger partial charge >= 0.3 is 0 Å². The molecule has 4 aromatic carbocycles. The largest absolute Gasteiger partial charge is 0.453 e. The van der Waals surface area contributed by atoms with Crippen LogP contribution in [0.25, 0.3) is 11.1 Å². The molecule has 0 radical (unpaired) electrons.